The lowest BCUT2D eigenvalue weighted by atomic mass is 10.2. The highest BCUT2D eigenvalue weighted by Gasteiger charge is 2.24. The van der Waals surface area contributed by atoms with Crippen LogP contribution < -0.4 is 0 Å². The van der Waals surface area contributed by atoms with Crippen LogP contribution in [0.15, 0.2) is 12.3 Å². The van der Waals surface area contributed by atoms with Gasteiger partial charge < -0.3 is 9.88 Å². The number of H-pyrrole nitrogens is 1. The summed E-state index contributed by atoms with van der Waals surface area (Å²) in [6.07, 6.45) is 1.61. The van der Waals surface area contributed by atoms with Gasteiger partial charge in [0, 0.05) is 50.5 Å². The van der Waals surface area contributed by atoms with E-state index >= 15 is 0 Å². The molecule has 0 radical (unpaired) electrons. The summed E-state index contributed by atoms with van der Waals surface area (Å²) in [6, 6.07) is 1.65. The molecule has 1 amide bonds. The molecule has 1 aliphatic heterocycles. The summed E-state index contributed by atoms with van der Waals surface area (Å²) in [6.45, 7) is 3.59. The van der Waals surface area contributed by atoms with Gasteiger partial charge in [0.05, 0.1) is 5.02 Å². The lowest BCUT2D eigenvalue weighted by molar-refractivity contribution is 0.0622. The van der Waals surface area contributed by atoms with Crippen molar-refractivity contribution in [2.24, 2.45) is 0 Å². The molecule has 0 saturated carbocycles. The fourth-order valence-corrected chi connectivity index (χ4v) is 3.05. The summed E-state index contributed by atoms with van der Waals surface area (Å²) in [5.41, 5.74) is 1.33. The zero-order valence-electron chi connectivity index (χ0n) is 11.1. The van der Waals surface area contributed by atoms with E-state index in [1.807, 2.05) is 4.90 Å². The Morgan fingerprint density at radius 2 is 2.10 bits per heavy atom. The quantitative estimate of drug-likeness (QED) is 0.925. The molecule has 112 valence electrons. The number of hydrogen-bond acceptors (Lipinski definition) is 5. The molecule has 0 aliphatic carbocycles. The first-order valence-corrected chi connectivity index (χ1v) is 7.98. The van der Waals surface area contributed by atoms with Gasteiger partial charge in [-0.15, -0.1) is 5.10 Å². The second-order valence-electron chi connectivity index (χ2n) is 4.79. The van der Waals surface area contributed by atoms with Crippen molar-refractivity contribution in [1.29, 1.82) is 0 Å². The van der Waals surface area contributed by atoms with E-state index in [0.717, 1.165) is 18.8 Å². The van der Waals surface area contributed by atoms with Crippen LogP contribution in [0.25, 0.3) is 0 Å². The predicted octanol–water partition coefficient (Wildman–Crippen LogP) is 2.13. The van der Waals surface area contributed by atoms with Crippen molar-refractivity contribution in [3.8, 4) is 0 Å². The number of carbonyl (C=O) groups is 1. The highest BCUT2D eigenvalue weighted by Crippen LogP contribution is 2.20. The number of carbonyl (C=O) groups excluding carboxylic acids is 1. The average Bonchev–Trinajstić information content (AvgIpc) is 3.08. The van der Waals surface area contributed by atoms with Crippen LogP contribution in [0, 0.1) is 0 Å². The van der Waals surface area contributed by atoms with Gasteiger partial charge in [-0.2, -0.15) is 0 Å². The minimum absolute atomic E-state index is 0.0186. The number of halogens is 2. The maximum Gasteiger partial charge on any atom is 0.270 e. The Hall–Kier alpha value is -1.15. The molecule has 1 N–H and O–H groups in total. The normalized spacial score (nSPS) is 16.4. The maximum absolute atomic E-state index is 12.3. The first-order valence-electron chi connectivity index (χ1n) is 6.46. The first-order chi connectivity index (χ1) is 10.1. The van der Waals surface area contributed by atoms with Gasteiger partial charge in [0.2, 0.25) is 0 Å². The molecule has 0 spiro atoms. The van der Waals surface area contributed by atoms with Gasteiger partial charge in [0.25, 0.3) is 5.91 Å². The van der Waals surface area contributed by atoms with E-state index in [1.54, 1.807) is 12.3 Å². The predicted molar refractivity (Wildman–Crippen MR) is 81.9 cm³/mol. The van der Waals surface area contributed by atoms with E-state index in [9.17, 15) is 4.79 Å². The molecule has 0 aromatic carbocycles. The van der Waals surface area contributed by atoms with Gasteiger partial charge in [-0.1, -0.05) is 27.7 Å². The number of rotatable bonds is 3. The highest BCUT2D eigenvalue weighted by atomic mass is 35.5. The van der Waals surface area contributed by atoms with Gasteiger partial charge in [0.1, 0.15) is 15.7 Å². The monoisotopic (exact) mass is 345 g/mol. The van der Waals surface area contributed by atoms with Crippen LogP contribution >= 0.6 is 34.7 Å². The Morgan fingerprint density at radius 1 is 1.33 bits per heavy atom. The van der Waals surface area contributed by atoms with Crippen LogP contribution in [0.4, 0.5) is 0 Å². The molecule has 1 aliphatic rings. The molecular weight excluding hydrogens is 333 g/mol. The third-order valence-corrected chi connectivity index (χ3v) is 4.62. The largest absolute Gasteiger partial charge is 0.356 e. The molecule has 1 saturated heterocycles. The Labute approximate surface area is 135 Å². The van der Waals surface area contributed by atoms with Crippen molar-refractivity contribution in [2.75, 3.05) is 26.2 Å². The molecule has 3 rings (SSSR count). The third-order valence-electron chi connectivity index (χ3n) is 3.42. The first kappa shape index (κ1) is 14.8. The van der Waals surface area contributed by atoms with Gasteiger partial charge >= 0.3 is 0 Å². The SMILES string of the molecule is O=C(c1cc(Cl)c[nH]1)N1CCN(Cc2nnsc2Cl)CC1. The smallest absolute Gasteiger partial charge is 0.270 e. The van der Waals surface area contributed by atoms with Gasteiger partial charge in [-0.3, -0.25) is 9.69 Å². The molecule has 21 heavy (non-hydrogen) atoms. The van der Waals surface area contributed by atoms with Crippen LogP contribution in [0.5, 0.6) is 0 Å². The summed E-state index contributed by atoms with van der Waals surface area (Å²) in [4.78, 5) is 19.2. The molecular formula is C12H13Cl2N5OS. The van der Waals surface area contributed by atoms with E-state index < -0.39 is 0 Å². The molecule has 0 atom stereocenters. The molecule has 0 unspecified atom stereocenters. The molecule has 3 heterocycles. The zero-order valence-corrected chi connectivity index (χ0v) is 13.4. The van der Waals surface area contributed by atoms with E-state index in [0.29, 0.717) is 34.7 Å². The number of nitrogens with zero attached hydrogens (tertiary/aromatic N) is 4. The van der Waals surface area contributed by atoms with Crippen molar-refractivity contribution in [3.63, 3.8) is 0 Å². The molecule has 0 bridgehead atoms. The Bertz CT molecular complexity index is 635. The lowest BCUT2D eigenvalue weighted by Crippen LogP contribution is -2.48. The van der Waals surface area contributed by atoms with Gasteiger partial charge in [-0.05, 0) is 6.07 Å². The van der Waals surface area contributed by atoms with E-state index in [-0.39, 0.29) is 5.91 Å². The average molecular weight is 346 g/mol. The van der Waals surface area contributed by atoms with E-state index in [2.05, 4.69) is 19.5 Å². The van der Waals surface area contributed by atoms with Crippen LogP contribution in [0.2, 0.25) is 9.36 Å². The number of aromatic amines is 1. The second-order valence-corrected chi connectivity index (χ2v) is 6.59. The standard InChI is InChI=1S/C12H13Cl2N5OS/c13-8-5-9(15-6-8)12(20)19-3-1-18(2-4-19)7-10-11(14)21-17-16-10/h5-6,15H,1-4,7H2. The minimum Gasteiger partial charge on any atom is -0.356 e. The molecule has 1 fully saturated rings. The Morgan fingerprint density at radius 3 is 2.67 bits per heavy atom. The fourth-order valence-electron chi connectivity index (χ4n) is 2.27. The summed E-state index contributed by atoms with van der Waals surface area (Å²) < 4.78 is 4.46. The number of amides is 1. The number of nitrogens with one attached hydrogen (secondary N) is 1. The Kier molecular flexibility index (Phi) is 4.44. The van der Waals surface area contributed by atoms with E-state index in [4.69, 9.17) is 23.2 Å². The van der Waals surface area contributed by atoms with Crippen LogP contribution in [-0.2, 0) is 6.54 Å². The van der Waals surface area contributed by atoms with Crippen molar-refractivity contribution < 1.29 is 4.79 Å². The maximum atomic E-state index is 12.3. The second kappa shape index (κ2) is 6.31. The van der Waals surface area contributed by atoms with E-state index in [1.165, 1.54) is 11.5 Å². The van der Waals surface area contributed by atoms with Gasteiger partial charge in [-0.25, -0.2) is 0 Å². The molecule has 2 aromatic heterocycles. The summed E-state index contributed by atoms with van der Waals surface area (Å²) in [5.74, 6) is -0.0186. The van der Waals surface area contributed by atoms with Crippen molar-refractivity contribution in [2.45, 2.75) is 6.54 Å². The summed E-state index contributed by atoms with van der Waals surface area (Å²) >= 11 is 13.0. The number of aromatic nitrogens is 3. The number of piperazine rings is 1. The molecule has 6 nitrogen and oxygen atoms in total. The van der Waals surface area contributed by atoms with Gasteiger partial charge in [0.15, 0.2) is 0 Å². The lowest BCUT2D eigenvalue weighted by Gasteiger charge is -2.34. The topological polar surface area (TPSA) is 65.1 Å². The van der Waals surface area contributed by atoms with Crippen LogP contribution in [-0.4, -0.2) is 56.5 Å². The highest BCUT2D eigenvalue weighted by molar-refractivity contribution is 7.10. The Balaban J connectivity index is 1.55. The number of hydrogen-bond donors (Lipinski definition) is 1. The third kappa shape index (κ3) is 3.37. The van der Waals surface area contributed by atoms with Crippen LogP contribution in [0.3, 0.4) is 0 Å². The summed E-state index contributed by atoms with van der Waals surface area (Å²) in [7, 11) is 0. The summed E-state index contributed by atoms with van der Waals surface area (Å²) in [5, 5.41) is 4.55. The van der Waals surface area contributed by atoms with Crippen molar-refractivity contribution >= 4 is 40.6 Å². The fraction of sp³-hybridized carbons (Fsp3) is 0.417. The minimum atomic E-state index is -0.0186. The zero-order chi connectivity index (χ0) is 14.8. The van der Waals surface area contributed by atoms with Crippen LogP contribution in [0.1, 0.15) is 16.2 Å². The van der Waals surface area contributed by atoms with Crippen molar-refractivity contribution in [1.82, 2.24) is 24.4 Å². The molecule has 2 aromatic rings. The molecule has 9 heteroatoms. The van der Waals surface area contributed by atoms with Crippen molar-refractivity contribution in [3.05, 3.63) is 33.0 Å².